The summed E-state index contributed by atoms with van der Waals surface area (Å²) >= 11 is 0. The minimum Gasteiger partial charge on any atom is -0.303 e. The van der Waals surface area contributed by atoms with Crippen molar-refractivity contribution in [2.24, 2.45) is 5.92 Å². The summed E-state index contributed by atoms with van der Waals surface area (Å²) in [4.78, 5) is 10.8. The molecule has 0 radical (unpaired) electrons. The van der Waals surface area contributed by atoms with Crippen LogP contribution in [0, 0.1) is 12.8 Å². The molecule has 0 spiro atoms. The highest BCUT2D eigenvalue weighted by molar-refractivity contribution is 7.91. The maximum absolute atomic E-state index is 11.5. The Kier molecular flexibility index (Phi) is 2.62. The van der Waals surface area contributed by atoms with Crippen molar-refractivity contribution in [3.05, 3.63) is 35.4 Å². The Balaban J connectivity index is 2.30. The van der Waals surface area contributed by atoms with E-state index >= 15 is 0 Å². The van der Waals surface area contributed by atoms with Gasteiger partial charge in [0.1, 0.15) is 6.29 Å². The molecular formula is C12H14O3S. The number of carbonyl (C=O) groups is 1. The first kappa shape index (κ1) is 11.3. The first-order valence-corrected chi connectivity index (χ1v) is 7.11. The zero-order valence-electron chi connectivity index (χ0n) is 9.25. The molecule has 1 aromatic carbocycles. The lowest BCUT2D eigenvalue weighted by atomic mass is 10.1. The van der Waals surface area contributed by atoms with Crippen molar-refractivity contribution in [2.45, 2.75) is 18.1 Å². The van der Waals surface area contributed by atoms with Gasteiger partial charge in [-0.05, 0) is 12.5 Å². The SMILES string of the molecule is Cc1ccc([C@@H]2[C@@H](C=O)[C@@H]2S(C)(=O)=O)cc1. The number of aryl methyl sites for hydroxylation is 1. The van der Waals surface area contributed by atoms with E-state index in [0.29, 0.717) is 0 Å². The van der Waals surface area contributed by atoms with E-state index in [-0.39, 0.29) is 11.8 Å². The van der Waals surface area contributed by atoms with Gasteiger partial charge in [0.2, 0.25) is 0 Å². The van der Waals surface area contributed by atoms with Crippen molar-refractivity contribution >= 4 is 16.1 Å². The molecule has 0 saturated heterocycles. The molecule has 0 bridgehead atoms. The highest BCUT2D eigenvalue weighted by Gasteiger charge is 2.57. The standard InChI is InChI=1S/C12H14O3S/c1-8-3-5-9(6-4-8)11-10(7-13)12(11)16(2,14)15/h3-7,10-12H,1-2H3/t10-,11-,12+/m1/s1. The Morgan fingerprint density at radius 1 is 1.19 bits per heavy atom. The molecule has 1 aliphatic rings. The van der Waals surface area contributed by atoms with Crippen LogP contribution in [0.1, 0.15) is 17.0 Å². The second-order valence-corrected chi connectivity index (χ2v) is 6.65. The van der Waals surface area contributed by atoms with Gasteiger partial charge in [-0.25, -0.2) is 8.42 Å². The van der Waals surface area contributed by atoms with Crippen molar-refractivity contribution in [2.75, 3.05) is 6.26 Å². The van der Waals surface area contributed by atoms with Crippen LogP contribution in [-0.2, 0) is 14.6 Å². The fraction of sp³-hybridized carbons (Fsp3) is 0.417. The van der Waals surface area contributed by atoms with Crippen molar-refractivity contribution in [3.8, 4) is 0 Å². The number of benzene rings is 1. The molecule has 1 aliphatic carbocycles. The monoisotopic (exact) mass is 238 g/mol. The summed E-state index contributed by atoms with van der Waals surface area (Å²) < 4.78 is 22.9. The average molecular weight is 238 g/mol. The smallest absolute Gasteiger partial charge is 0.151 e. The van der Waals surface area contributed by atoms with E-state index in [4.69, 9.17) is 0 Å². The zero-order valence-corrected chi connectivity index (χ0v) is 10.1. The number of hydrogen-bond acceptors (Lipinski definition) is 3. The highest BCUT2D eigenvalue weighted by atomic mass is 32.2. The van der Waals surface area contributed by atoms with Gasteiger partial charge in [-0.2, -0.15) is 0 Å². The lowest BCUT2D eigenvalue weighted by Gasteiger charge is -1.99. The molecule has 3 nitrogen and oxygen atoms in total. The fourth-order valence-electron chi connectivity index (χ4n) is 2.22. The average Bonchev–Trinajstić information content (AvgIpc) is 2.92. The molecule has 3 atom stereocenters. The third-order valence-electron chi connectivity index (χ3n) is 3.12. The lowest BCUT2D eigenvalue weighted by Crippen LogP contribution is -2.07. The predicted octanol–water partition coefficient (Wildman–Crippen LogP) is 1.32. The summed E-state index contributed by atoms with van der Waals surface area (Å²) in [6.45, 7) is 1.97. The summed E-state index contributed by atoms with van der Waals surface area (Å²) in [5, 5.41) is -0.521. The Labute approximate surface area is 95.4 Å². The Bertz CT molecular complexity index is 502. The first-order chi connectivity index (χ1) is 7.45. The molecule has 1 fully saturated rings. The van der Waals surface area contributed by atoms with Gasteiger partial charge in [0.15, 0.2) is 9.84 Å². The van der Waals surface area contributed by atoms with Crippen LogP contribution >= 0.6 is 0 Å². The van der Waals surface area contributed by atoms with Crippen molar-refractivity contribution in [1.82, 2.24) is 0 Å². The second kappa shape index (κ2) is 3.70. The molecule has 0 amide bonds. The van der Waals surface area contributed by atoms with Crippen molar-refractivity contribution < 1.29 is 13.2 Å². The molecule has 0 aliphatic heterocycles. The number of sulfone groups is 1. The number of hydrogen-bond donors (Lipinski definition) is 0. The normalized spacial score (nSPS) is 28.8. The van der Waals surface area contributed by atoms with Gasteiger partial charge in [0, 0.05) is 18.1 Å². The molecule has 16 heavy (non-hydrogen) atoms. The van der Waals surface area contributed by atoms with E-state index in [1.807, 2.05) is 31.2 Å². The molecule has 2 rings (SSSR count). The molecule has 86 valence electrons. The second-order valence-electron chi connectivity index (χ2n) is 4.44. The summed E-state index contributed by atoms with van der Waals surface area (Å²) in [5.41, 5.74) is 2.07. The largest absolute Gasteiger partial charge is 0.303 e. The molecule has 0 heterocycles. The van der Waals surface area contributed by atoms with Crippen LogP contribution in [0.3, 0.4) is 0 Å². The minimum atomic E-state index is -3.13. The summed E-state index contributed by atoms with van der Waals surface area (Å²) in [7, 11) is -3.13. The number of rotatable bonds is 3. The van der Waals surface area contributed by atoms with Crippen LogP contribution < -0.4 is 0 Å². The van der Waals surface area contributed by atoms with Crippen molar-refractivity contribution in [3.63, 3.8) is 0 Å². The fourth-order valence-corrected chi connectivity index (χ4v) is 3.80. The van der Waals surface area contributed by atoms with Crippen LogP contribution in [-0.4, -0.2) is 26.2 Å². The van der Waals surface area contributed by atoms with Gasteiger partial charge < -0.3 is 4.79 Å². The molecule has 0 unspecified atom stereocenters. The Morgan fingerprint density at radius 2 is 1.75 bits per heavy atom. The van der Waals surface area contributed by atoms with Crippen LogP contribution in [0.4, 0.5) is 0 Å². The Morgan fingerprint density at radius 3 is 2.12 bits per heavy atom. The van der Waals surface area contributed by atoms with Gasteiger partial charge in [0.25, 0.3) is 0 Å². The van der Waals surface area contributed by atoms with Gasteiger partial charge in [0.05, 0.1) is 5.25 Å². The molecular weight excluding hydrogens is 224 g/mol. The van der Waals surface area contributed by atoms with Gasteiger partial charge >= 0.3 is 0 Å². The quantitative estimate of drug-likeness (QED) is 0.746. The van der Waals surface area contributed by atoms with E-state index in [0.717, 1.165) is 17.4 Å². The number of carbonyl (C=O) groups excluding carboxylic acids is 1. The van der Waals surface area contributed by atoms with Crippen LogP contribution in [0.15, 0.2) is 24.3 Å². The highest BCUT2D eigenvalue weighted by Crippen LogP contribution is 2.50. The van der Waals surface area contributed by atoms with E-state index in [9.17, 15) is 13.2 Å². The number of aldehydes is 1. The predicted molar refractivity (Wildman–Crippen MR) is 62.1 cm³/mol. The van der Waals surface area contributed by atoms with Gasteiger partial charge in [-0.15, -0.1) is 0 Å². The van der Waals surface area contributed by atoms with Crippen LogP contribution in [0.25, 0.3) is 0 Å². The van der Waals surface area contributed by atoms with E-state index < -0.39 is 15.1 Å². The summed E-state index contributed by atoms with van der Waals surface area (Å²) in [6, 6.07) is 7.69. The Hall–Kier alpha value is -1.16. The topological polar surface area (TPSA) is 51.2 Å². The third-order valence-corrected chi connectivity index (χ3v) is 4.72. The van der Waals surface area contributed by atoms with Crippen LogP contribution in [0.5, 0.6) is 0 Å². The molecule has 0 N–H and O–H groups in total. The maximum atomic E-state index is 11.5. The summed E-state index contributed by atoms with van der Waals surface area (Å²) in [5.74, 6) is -0.509. The maximum Gasteiger partial charge on any atom is 0.151 e. The van der Waals surface area contributed by atoms with E-state index in [1.165, 1.54) is 6.26 Å². The minimum absolute atomic E-state index is 0.145. The molecule has 1 saturated carbocycles. The molecule has 0 aromatic heterocycles. The first-order valence-electron chi connectivity index (χ1n) is 5.16. The lowest BCUT2D eigenvalue weighted by molar-refractivity contribution is -0.108. The van der Waals surface area contributed by atoms with Gasteiger partial charge in [-0.3, -0.25) is 0 Å². The van der Waals surface area contributed by atoms with Crippen LogP contribution in [0.2, 0.25) is 0 Å². The molecule has 4 heteroatoms. The van der Waals surface area contributed by atoms with Crippen molar-refractivity contribution in [1.29, 1.82) is 0 Å². The third kappa shape index (κ3) is 1.89. The van der Waals surface area contributed by atoms with E-state index in [1.54, 1.807) is 0 Å². The zero-order chi connectivity index (χ0) is 11.9. The van der Waals surface area contributed by atoms with Gasteiger partial charge in [-0.1, -0.05) is 29.8 Å². The summed E-state index contributed by atoms with van der Waals surface area (Å²) in [6.07, 6.45) is 1.96. The molecule has 1 aromatic rings. The van der Waals surface area contributed by atoms with E-state index in [2.05, 4.69) is 0 Å².